The maximum Gasteiger partial charge on any atom is 0.238 e. The summed E-state index contributed by atoms with van der Waals surface area (Å²) in [6, 6.07) is 8.08. The number of aryl methyl sites for hydroxylation is 1. The van der Waals surface area contributed by atoms with Gasteiger partial charge in [-0.05, 0) is 19.1 Å². The summed E-state index contributed by atoms with van der Waals surface area (Å²) >= 11 is 0. The van der Waals surface area contributed by atoms with E-state index in [-0.39, 0.29) is 0 Å². The summed E-state index contributed by atoms with van der Waals surface area (Å²) in [7, 11) is 0. The van der Waals surface area contributed by atoms with Crippen LogP contribution < -0.4 is 5.73 Å². The predicted molar refractivity (Wildman–Crippen MR) is 58.6 cm³/mol. The molecule has 0 radical (unpaired) electrons. The minimum absolute atomic E-state index is 0.438. The lowest BCUT2D eigenvalue weighted by atomic mass is 10.3. The van der Waals surface area contributed by atoms with E-state index >= 15 is 0 Å². The fourth-order valence-corrected chi connectivity index (χ4v) is 1.99. The van der Waals surface area contributed by atoms with Crippen molar-refractivity contribution in [2.45, 2.75) is 13.5 Å². The van der Waals surface area contributed by atoms with Gasteiger partial charge in [0.05, 0.1) is 11.0 Å². The zero-order valence-electron chi connectivity index (χ0n) is 8.38. The number of anilines is 1. The summed E-state index contributed by atoms with van der Waals surface area (Å²) in [5.74, 6) is 1.24. The van der Waals surface area contributed by atoms with Gasteiger partial charge < -0.3 is 10.3 Å². The Morgan fingerprint density at radius 1 is 1.20 bits per heavy atom. The molecule has 3 aromatic rings. The highest BCUT2D eigenvalue weighted by atomic mass is 15.4. The van der Waals surface area contributed by atoms with Crippen LogP contribution in [0.4, 0.5) is 5.95 Å². The monoisotopic (exact) mass is 201 g/mol. The standard InChI is InChI=1S/C10H11N5/c1-2-14-7-5-3-4-6-8(7)15-9(11)12-13-10(14)15/h3-6H,2H2,1H3,(H2,11,12). The van der Waals surface area contributed by atoms with E-state index in [9.17, 15) is 0 Å². The third-order valence-electron chi connectivity index (χ3n) is 2.64. The van der Waals surface area contributed by atoms with Gasteiger partial charge in [0.15, 0.2) is 0 Å². The molecule has 0 amide bonds. The van der Waals surface area contributed by atoms with Gasteiger partial charge in [-0.15, -0.1) is 10.2 Å². The molecule has 2 heterocycles. The number of rotatable bonds is 1. The number of hydrogen-bond acceptors (Lipinski definition) is 3. The Kier molecular flexibility index (Phi) is 1.50. The Morgan fingerprint density at radius 2 is 1.93 bits per heavy atom. The Morgan fingerprint density at radius 3 is 2.67 bits per heavy atom. The summed E-state index contributed by atoms with van der Waals surface area (Å²) in [5.41, 5.74) is 7.97. The van der Waals surface area contributed by atoms with Crippen LogP contribution >= 0.6 is 0 Å². The molecule has 0 aliphatic rings. The highest BCUT2D eigenvalue weighted by Gasteiger charge is 2.12. The van der Waals surface area contributed by atoms with Crippen LogP contribution in [-0.2, 0) is 6.54 Å². The van der Waals surface area contributed by atoms with Gasteiger partial charge in [-0.2, -0.15) is 0 Å². The smallest absolute Gasteiger partial charge is 0.238 e. The van der Waals surface area contributed by atoms with Crippen LogP contribution in [0.3, 0.4) is 0 Å². The van der Waals surface area contributed by atoms with Crippen LogP contribution in [0.2, 0.25) is 0 Å². The van der Waals surface area contributed by atoms with Crippen molar-refractivity contribution in [3.8, 4) is 0 Å². The number of nitrogen functional groups attached to an aromatic ring is 1. The first-order valence-corrected chi connectivity index (χ1v) is 4.90. The average molecular weight is 201 g/mol. The van der Waals surface area contributed by atoms with E-state index in [1.54, 1.807) is 0 Å². The molecule has 0 aliphatic carbocycles. The number of nitrogens with zero attached hydrogens (tertiary/aromatic N) is 4. The Hall–Kier alpha value is -2.04. The molecule has 0 aliphatic heterocycles. The first kappa shape index (κ1) is 8.28. The first-order chi connectivity index (χ1) is 7.33. The minimum atomic E-state index is 0.438. The Balaban J connectivity index is 2.63. The third kappa shape index (κ3) is 0.918. The van der Waals surface area contributed by atoms with Crippen molar-refractivity contribution < 1.29 is 0 Å². The molecule has 0 spiro atoms. The molecule has 0 unspecified atom stereocenters. The van der Waals surface area contributed by atoms with Gasteiger partial charge in [0.25, 0.3) is 0 Å². The van der Waals surface area contributed by atoms with Gasteiger partial charge in [0, 0.05) is 6.54 Å². The summed E-state index contributed by atoms with van der Waals surface area (Å²) in [6.07, 6.45) is 0. The van der Waals surface area contributed by atoms with Crippen LogP contribution in [0.15, 0.2) is 24.3 Å². The third-order valence-corrected chi connectivity index (χ3v) is 2.64. The van der Waals surface area contributed by atoms with Crippen LogP contribution in [0.1, 0.15) is 6.92 Å². The number of hydrogen-bond donors (Lipinski definition) is 1. The summed E-state index contributed by atoms with van der Waals surface area (Å²) < 4.78 is 3.97. The number of aromatic nitrogens is 4. The van der Waals surface area contributed by atoms with E-state index < -0.39 is 0 Å². The van der Waals surface area contributed by atoms with Crippen molar-refractivity contribution in [1.82, 2.24) is 19.2 Å². The van der Waals surface area contributed by atoms with Crippen molar-refractivity contribution in [1.29, 1.82) is 0 Å². The summed E-state index contributed by atoms with van der Waals surface area (Å²) in [6.45, 7) is 2.94. The zero-order valence-corrected chi connectivity index (χ0v) is 8.38. The Bertz CT molecular complexity index is 634. The molecule has 0 saturated heterocycles. The maximum absolute atomic E-state index is 5.79. The van der Waals surface area contributed by atoms with Crippen LogP contribution in [0.5, 0.6) is 0 Å². The van der Waals surface area contributed by atoms with Crippen LogP contribution in [-0.4, -0.2) is 19.2 Å². The summed E-state index contributed by atoms with van der Waals surface area (Å²) in [4.78, 5) is 0. The number of imidazole rings is 1. The first-order valence-electron chi connectivity index (χ1n) is 4.90. The van der Waals surface area contributed by atoms with Crippen molar-refractivity contribution in [3.05, 3.63) is 24.3 Å². The van der Waals surface area contributed by atoms with Crippen molar-refractivity contribution >= 4 is 22.8 Å². The SMILES string of the molecule is CCn1c2ccccc2n2c(N)nnc12. The normalized spacial score (nSPS) is 11.5. The fraction of sp³-hybridized carbons (Fsp3) is 0.200. The van der Waals surface area contributed by atoms with Gasteiger partial charge in [-0.1, -0.05) is 12.1 Å². The van der Waals surface area contributed by atoms with Crippen molar-refractivity contribution in [2.24, 2.45) is 0 Å². The van der Waals surface area contributed by atoms with Crippen molar-refractivity contribution in [2.75, 3.05) is 5.73 Å². The quantitative estimate of drug-likeness (QED) is 0.645. The molecule has 0 fully saturated rings. The largest absolute Gasteiger partial charge is 0.368 e. The highest BCUT2D eigenvalue weighted by Crippen LogP contribution is 2.21. The molecule has 3 rings (SSSR count). The zero-order chi connectivity index (χ0) is 10.4. The van der Waals surface area contributed by atoms with Gasteiger partial charge in [-0.3, -0.25) is 0 Å². The Labute approximate surface area is 86.1 Å². The second-order valence-corrected chi connectivity index (χ2v) is 3.43. The van der Waals surface area contributed by atoms with E-state index in [1.807, 2.05) is 22.6 Å². The molecule has 0 saturated carbocycles. The molecule has 5 heteroatoms. The number of fused-ring (bicyclic) bond motifs is 3. The van der Waals surface area contributed by atoms with Gasteiger partial charge >= 0.3 is 0 Å². The lowest BCUT2D eigenvalue weighted by Crippen LogP contribution is -1.94. The maximum atomic E-state index is 5.79. The topological polar surface area (TPSA) is 61.1 Å². The van der Waals surface area contributed by atoms with Gasteiger partial charge in [-0.25, -0.2) is 4.40 Å². The molecule has 15 heavy (non-hydrogen) atoms. The van der Waals surface area contributed by atoms with E-state index in [2.05, 4.69) is 27.8 Å². The van der Waals surface area contributed by atoms with Crippen LogP contribution in [0, 0.1) is 0 Å². The number of para-hydroxylation sites is 2. The molecule has 2 N–H and O–H groups in total. The van der Waals surface area contributed by atoms with E-state index in [0.29, 0.717) is 5.95 Å². The van der Waals surface area contributed by atoms with Crippen molar-refractivity contribution in [3.63, 3.8) is 0 Å². The molecule has 76 valence electrons. The van der Waals surface area contributed by atoms with Crippen LogP contribution in [0.25, 0.3) is 16.8 Å². The molecule has 5 nitrogen and oxygen atoms in total. The minimum Gasteiger partial charge on any atom is -0.368 e. The fourth-order valence-electron chi connectivity index (χ4n) is 1.99. The van der Waals surface area contributed by atoms with Gasteiger partial charge in [0.2, 0.25) is 11.7 Å². The number of nitrogens with two attached hydrogens (primary N) is 1. The summed E-state index contributed by atoms with van der Waals surface area (Å²) in [5, 5.41) is 7.96. The lowest BCUT2D eigenvalue weighted by molar-refractivity contribution is 0.803. The average Bonchev–Trinajstić information content (AvgIpc) is 2.77. The molecule has 0 bridgehead atoms. The molecule has 2 aromatic heterocycles. The highest BCUT2D eigenvalue weighted by molar-refractivity contribution is 5.82. The second kappa shape index (κ2) is 2.73. The van der Waals surface area contributed by atoms with Gasteiger partial charge in [0.1, 0.15) is 0 Å². The van der Waals surface area contributed by atoms with E-state index in [0.717, 1.165) is 23.4 Å². The molecule has 0 atom stereocenters. The number of benzene rings is 1. The van der Waals surface area contributed by atoms with E-state index in [4.69, 9.17) is 5.73 Å². The molecular formula is C10H11N5. The molecular weight excluding hydrogens is 190 g/mol. The van der Waals surface area contributed by atoms with E-state index in [1.165, 1.54) is 0 Å². The second-order valence-electron chi connectivity index (χ2n) is 3.43. The lowest BCUT2D eigenvalue weighted by Gasteiger charge is -1.97. The molecule has 1 aromatic carbocycles. The predicted octanol–water partition coefficient (Wildman–Crippen LogP) is 1.29.